The molecular weight excluding hydrogens is 403 g/mol. The lowest BCUT2D eigenvalue weighted by Crippen LogP contribution is -2.42. The monoisotopic (exact) mass is 430 g/mol. The van der Waals surface area contributed by atoms with Gasteiger partial charge in [0.25, 0.3) is 0 Å². The minimum atomic E-state index is -3.35. The molecule has 2 aromatic carbocycles. The average molecular weight is 431 g/mol. The maximum absolute atomic E-state index is 13.9. The zero-order valence-electron chi connectivity index (χ0n) is 17.0. The Morgan fingerprint density at radius 1 is 1.23 bits per heavy atom. The molecule has 0 amide bonds. The molecule has 0 radical (unpaired) electrons. The molecule has 1 aliphatic heterocycles. The highest BCUT2D eigenvalue weighted by Crippen LogP contribution is 2.27. The first-order chi connectivity index (χ1) is 14.4. The van der Waals surface area contributed by atoms with Gasteiger partial charge in [-0.3, -0.25) is 0 Å². The lowest BCUT2D eigenvalue weighted by Gasteiger charge is -2.28. The van der Waals surface area contributed by atoms with Crippen molar-refractivity contribution >= 4 is 15.7 Å². The van der Waals surface area contributed by atoms with Crippen LogP contribution >= 0.6 is 0 Å². The molecule has 1 saturated heterocycles. The Bertz CT molecular complexity index is 1000. The van der Waals surface area contributed by atoms with E-state index in [1.807, 2.05) is 31.2 Å². The highest BCUT2D eigenvalue weighted by atomic mass is 32.2. The minimum absolute atomic E-state index is 0.0627. The molecule has 0 bridgehead atoms. The molecule has 160 valence electrons. The molecule has 1 heterocycles. The van der Waals surface area contributed by atoms with Gasteiger partial charge in [-0.05, 0) is 66.8 Å². The van der Waals surface area contributed by atoms with Crippen LogP contribution in [0.25, 0.3) is 11.1 Å². The summed E-state index contributed by atoms with van der Waals surface area (Å²) in [6, 6.07) is 14.4. The van der Waals surface area contributed by atoms with E-state index in [-0.39, 0.29) is 30.2 Å². The number of piperidine rings is 1. The van der Waals surface area contributed by atoms with Crippen LogP contribution in [0.5, 0.6) is 0 Å². The van der Waals surface area contributed by atoms with E-state index in [0.29, 0.717) is 17.5 Å². The Morgan fingerprint density at radius 2 is 2.00 bits per heavy atom. The van der Waals surface area contributed by atoms with Gasteiger partial charge in [0.15, 0.2) is 0 Å². The van der Waals surface area contributed by atoms with Crippen LogP contribution in [0.4, 0.5) is 10.1 Å². The second-order valence-corrected chi connectivity index (χ2v) is 9.45. The Morgan fingerprint density at radius 3 is 2.70 bits per heavy atom. The molecule has 2 aromatic rings. The largest absolute Gasteiger partial charge is 0.382 e. The van der Waals surface area contributed by atoms with Gasteiger partial charge in [0.2, 0.25) is 10.0 Å². The van der Waals surface area contributed by atoms with Gasteiger partial charge in [-0.15, -0.1) is 0 Å². The molecule has 3 rings (SSSR count). The summed E-state index contributed by atoms with van der Waals surface area (Å²) in [6.45, 7) is 2.72. The third-order valence-corrected chi connectivity index (χ3v) is 6.68. The van der Waals surface area contributed by atoms with E-state index in [9.17, 15) is 12.8 Å². The van der Waals surface area contributed by atoms with E-state index >= 15 is 0 Å². The van der Waals surface area contributed by atoms with Crippen molar-refractivity contribution in [1.82, 2.24) is 10.0 Å². The quantitative estimate of drug-likeness (QED) is 0.597. The third kappa shape index (κ3) is 6.02. The molecule has 0 aliphatic carbocycles. The van der Waals surface area contributed by atoms with Crippen LogP contribution in [0, 0.1) is 17.1 Å². The van der Waals surface area contributed by atoms with E-state index in [0.717, 1.165) is 30.6 Å². The molecule has 8 heteroatoms. The molecule has 1 fully saturated rings. The fraction of sp³-hybridized carbons (Fsp3) is 0.409. The fourth-order valence-corrected chi connectivity index (χ4v) is 4.69. The molecule has 0 saturated carbocycles. The molecule has 30 heavy (non-hydrogen) atoms. The number of anilines is 1. The van der Waals surface area contributed by atoms with Crippen molar-refractivity contribution in [3.05, 3.63) is 53.8 Å². The maximum Gasteiger partial charge on any atom is 0.211 e. The van der Waals surface area contributed by atoms with Crippen molar-refractivity contribution in [2.45, 2.75) is 44.8 Å². The van der Waals surface area contributed by atoms with Gasteiger partial charge in [0.1, 0.15) is 5.82 Å². The molecular formula is C22H27FN4O2S. The van der Waals surface area contributed by atoms with Crippen molar-refractivity contribution in [3.8, 4) is 17.2 Å². The molecule has 0 aromatic heterocycles. The second kappa shape index (κ2) is 10.0. The molecule has 1 aliphatic rings. The van der Waals surface area contributed by atoms with E-state index in [4.69, 9.17) is 5.26 Å². The first-order valence-electron chi connectivity index (χ1n) is 10.2. The molecule has 2 unspecified atom stereocenters. The van der Waals surface area contributed by atoms with Crippen molar-refractivity contribution in [1.29, 1.82) is 5.26 Å². The number of sulfonamides is 1. The standard InChI is InChI=1S/C22H27FN4O2S/c1-2-11-30(28,29)26-15-17-3-6-18(23)12-22(17)16-4-7-19(8-5-16)27-20-9-10-25-21(13-20)14-24/h3-8,12,20-21,25-27H,2,9-11,13,15H2,1H3. The van der Waals surface area contributed by atoms with Crippen LogP contribution in [0.1, 0.15) is 31.7 Å². The van der Waals surface area contributed by atoms with E-state index < -0.39 is 10.0 Å². The minimum Gasteiger partial charge on any atom is -0.382 e. The summed E-state index contributed by atoms with van der Waals surface area (Å²) in [5.41, 5.74) is 3.12. The number of benzene rings is 2. The normalized spacial score (nSPS) is 19.2. The zero-order chi connectivity index (χ0) is 21.6. The van der Waals surface area contributed by atoms with Crippen molar-refractivity contribution in [3.63, 3.8) is 0 Å². The lowest BCUT2D eigenvalue weighted by atomic mass is 9.98. The van der Waals surface area contributed by atoms with Crippen molar-refractivity contribution < 1.29 is 12.8 Å². The number of rotatable bonds is 8. The van der Waals surface area contributed by atoms with Crippen LogP contribution in [0.3, 0.4) is 0 Å². The summed E-state index contributed by atoms with van der Waals surface area (Å²) in [7, 11) is -3.35. The first-order valence-corrected chi connectivity index (χ1v) is 11.8. The fourth-order valence-electron chi connectivity index (χ4n) is 3.63. The highest BCUT2D eigenvalue weighted by molar-refractivity contribution is 7.89. The topological polar surface area (TPSA) is 94.0 Å². The summed E-state index contributed by atoms with van der Waals surface area (Å²) in [4.78, 5) is 0. The first kappa shape index (κ1) is 22.2. The third-order valence-electron chi connectivity index (χ3n) is 5.15. The Labute approximate surface area is 177 Å². The summed E-state index contributed by atoms with van der Waals surface area (Å²) in [5, 5.41) is 15.7. The van der Waals surface area contributed by atoms with Crippen LogP contribution in [0.15, 0.2) is 42.5 Å². The van der Waals surface area contributed by atoms with Crippen molar-refractivity contribution in [2.24, 2.45) is 0 Å². The smallest absolute Gasteiger partial charge is 0.211 e. The van der Waals surface area contributed by atoms with Crippen LogP contribution in [-0.2, 0) is 16.6 Å². The number of halogens is 1. The summed E-state index contributed by atoms with van der Waals surface area (Å²) in [6.07, 6.45) is 2.21. The summed E-state index contributed by atoms with van der Waals surface area (Å²) >= 11 is 0. The zero-order valence-corrected chi connectivity index (χ0v) is 17.8. The van der Waals surface area contributed by atoms with Crippen molar-refractivity contribution in [2.75, 3.05) is 17.6 Å². The van der Waals surface area contributed by atoms with E-state index in [1.54, 1.807) is 6.07 Å². The summed E-state index contributed by atoms with van der Waals surface area (Å²) < 4.78 is 40.4. The number of nitrogens with zero attached hydrogens (tertiary/aromatic N) is 1. The molecule has 0 spiro atoms. The number of nitrogens with one attached hydrogen (secondary N) is 3. The second-order valence-electron chi connectivity index (χ2n) is 7.52. The summed E-state index contributed by atoms with van der Waals surface area (Å²) in [5.74, 6) is -0.308. The predicted molar refractivity (Wildman–Crippen MR) is 117 cm³/mol. The maximum atomic E-state index is 13.9. The van der Waals surface area contributed by atoms with Gasteiger partial charge < -0.3 is 10.6 Å². The van der Waals surface area contributed by atoms with E-state index in [1.165, 1.54) is 12.1 Å². The SMILES string of the molecule is CCCS(=O)(=O)NCc1ccc(F)cc1-c1ccc(NC2CCNC(C#N)C2)cc1. The van der Waals surface area contributed by atoms with Gasteiger partial charge in [-0.2, -0.15) is 5.26 Å². The lowest BCUT2D eigenvalue weighted by molar-refractivity contribution is 0.428. The van der Waals surface area contributed by atoms with E-state index in [2.05, 4.69) is 21.4 Å². The van der Waals surface area contributed by atoms with Gasteiger partial charge in [-0.1, -0.05) is 25.1 Å². The molecule has 3 N–H and O–H groups in total. The molecule has 2 atom stereocenters. The van der Waals surface area contributed by atoms with Crippen LogP contribution < -0.4 is 15.4 Å². The van der Waals surface area contributed by atoms with Gasteiger partial charge in [0, 0.05) is 18.3 Å². The van der Waals surface area contributed by atoms with Crippen LogP contribution in [-0.4, -0.2) is 32.8 Å². The number of hydrogen-bond donors (Lipinski definition) is 3. The van der Waals surface area contributed by atoms with Crippen LogP contribution in [0.2, 0.25) is 0 Å². The Hall–Kier alpha value is -2.47. The van der Waals surface area contributed by atoms with Gasteiger partial charge in [0.05, 0.1) is 17.9 Å². The number of hydrogen-bond acceptors (Lipinski definition) is 5. The highest BCUT2D eigenvalue weighted by Gasteiger charge is 2.20. The number of nitriles is 1. The van der Waals surface area contributed by atoms with Gasteiger partial charge >= 0.3 is 0 Å². The Balaban J connectivity index is 1.74. The predicted octanol–water partition coefficient (Wildman–Crippen LogP) is 3.38. The average Bonchev–Trinajstić information content (AvgIpc) is 2.73. The Kier molecular flexibility index (Phi) is 7.43. The molecule has 6 nitrogen and oxygen atoms in total. The van der Waals surface area contributed by atoms with Gasteiger partial charge in [-0.25, -0.2) is 17.5 Å².